The van der Waals surface area contributed by atoms with Gasteiger partial charge in [-0.2, -0.15) is 13.2 Å². The Labute approximate surface area is 107 Å². The van der Waals surface area contributed by atoms with Gasteiger partial charge in [0.05, 0.1) is 5.92 Å². The van der Waals surface area contributed by atoms with Gasteiger partial charge in [-0.1, -0.05) is 20.8 Å². The molecule has 1 atom stereocenters. The summed E-state index contributed by atoms with van der Waals surface area (Å²) in [5.74, 6) is -1.12. The minimum Gasteiger partial charge on any atom is -0.302 e. The Kier molecular flexibility index (Phi) is 4.81. The van der Waals surface area contributed by atoms with E-state index in [-0.39, 0.29) is 18.7 Å². The third kappa shape index (κ3) is 4.59. The van der Waals surface area contributed by atoms with Crippen LogP contribution in [0.4, 0.5) is 13.2 Å². The molecule has 0 aromatic carbocycles. The van der Waals surface area contributed by atoms with E-state index in [9.17, 15) is 18.0 Å². The van der Waals surface area contributed by atoms with Gasteiger partial charge in [0.2, 0.25) is 0 Å². The van der Waals surface area contributed by atoms with E-state index in [2.05, 4.69) is 0 Å². The Morgan fingerprint density at radius 3 is 2.39 bits per heavy atom. The molecule has 2 nitrogen and oxygen atoms in total. The van der Waals surface area contributed by atoms with Gasteiger partial charge in [0.1, 0.15) is 5.78 Å². The van der Waals surface area contributed by atoms with E-state index in [0.717, 1.165) is 0 Å². The van der Waals surface area contributed by atoms with Gasteiger partial charge >= 0.3 is 6.18 Å². The molecule has 0 saturated carbocycles. The first kappa shape index (κ1) is 15.5. The summed E-state index contributed by atoms with van der Waals surface area (Å²) in [4.78, 5) is 13.5. The van der Waals surface area contributed by atoms with Crippen LogP contribution in [-0.4, -0.2) is 36.5 Å². The molecular formula is C13H22F3NO. The van der Waals surface area contributed by atoms with Crippen LogP contribution in [0.3, 0.4) is 0 Å². The topological polar surface area (TPSA) is 20.3 Å². The molecule has 5 heteroatoms. The molecule has 0 spiro atoms. The fourth-order valence-corrected chi connectivity index (χ4v) is 2.16. The van der Waals surface area contributed by atoms with Crippen LogP contribution in [0, 0.1) is 11.3 Å². The summed E-state index contributed by atoms with van der Waals surface area (Å²) in [5, 5.41) is 0. The number of rotatable bonds is 3. The Morgan fingerprint density at radius 1 is 1.28 bits per heavy atom. The summed E-state index contributed by atoms with van der Waals surface area (Å²) in [7, 11) is 0. The van der Waals surface area contributed by atoms with Crippen molar-refractivity contribution in [1.29, 1.82) is 0 Å². The van der Waals surface area contributed by atoms with Gasteiger partial charge in [-0.05, 0) is 19.4 Å². The van der Waals surface area contributed by atoms with Crippen molar-refractivity contribution in [2.45, 2.75) is 46.2 Å². The average Bonchev–Trinajstić information content (AvgIpc) is 2.23. The zero-order valence-electron chi connectivity index (χ0n) is 11.3. The highest BCUT2D eigenvalue weighted by molar-refractivity contribution is 5.83. The molecule has 0 bridgehead atoms. The van der Waals surface area contributed by atoms with Gasteiger partial charge in [0.15, 0.2) is 0 Å². The van der Waals surface area contributed by atoms with E-state index in [1.54, 1.807) is 4.90 Å². The lowest BCUT2D eigenvalue weighted by atomic mass is 9.88. The number of hydrogen-bond donors (Lipinski definition) is 0. The predicted octanol–water partition coefficient (Wildman–Crippen LogP) is 3.27. The molecule has 0 radical (unpaired) electrons. The number of Topliss-reactive ketones (excluding diaryl/α,β-unsaturated/α-hetero) is 1. The Morgan fingerprint density at radius 2 is 1.89 bits per heavy atom. The van der Waals surface area contributed by atoms with Crippen molar-refractivity contribution < 1.29 is 18.0 Å². The molecule has 0 aromatic rings. The van der Waals surface area contributed by atoms with E-state index in [1.165, 1.54) is 0 Å². The Bertz CT molecular complexity index is 294. The predicted molar refractivity (Wildman–Crippen MR) is 64.3 cm³/mol. The molecule has 1 aliphatic rings. The fraction of sp³-hybridized carbons (Fsp3) is 0.923. The SMILES string of the molecule is CC(C)(C)C(=O)CCN1CCCC(C(F)(F)F)C1. The van der Waals surface area contributed by atoms with Crippen molar-refractivity contribution in [3.63, 3.8) is 0 Å². The molecule has 0 amide bonds. The van der Waals surface area contributed by atoms with Crippen molar-refractivity contribution in [3.8, 4) is 0 Å². The first-order chi connectivity index (χ1) is 8.10. The quantitative estimate of drug-likeness (QED) is 0.780. The smallest absolute Gasteiger partial charge is 0.302 e. The van der Waals surface area contributed by atoms with E-state index in [4.69, 9.17) is 0 Å². The second-order valence-corrected chi connectivity index (χ2v) is 6.10. The summed E-state index contributed by atoms with van der Waals surface area (Å²) in [5.41, 5.74) is -0.404. The number of nitrogens with zero attached hydrogens (tertiary/aromatic N) is 1. The summed E-state index contributed by atoms with van der Waals surface area (Å²) >= 11 is 0. The second-order valence-electron chi connectivity index (χ2n) is 6.10. The molecule has 0 N–H and O–H groups in total. The van der Waals surface area contributed by atoms with Crippen molar-refractivity contribution >= 4 is 5.78 Å². The number of carbonyl (C=O) groups excluding carboxylic acids is 1. The molecular weight excluding hydrogens is 243 g/mol. The lowest BCUT2D eigenvalue weighted by Gasteiger charge is -2.34. The highest BCUT2D eigenvalue weighted by Crippen LogP contribution is 2.33. The maximum Gasteiger partial charge on any atom is 0.393 e. The lowest BCUT2D eigenvalue weighted by molar-refractivity contribution is -0.186. The summed E-state index contributed by atoms with van der Waals surface area (Å²) in [6, 6.07) is 0. The zero-order valence-corrected chi connectivity index (χ0v) is 11.3. The van der Waals surface area contributed by atoms with Crippen molar-refractivity contribution in [1.82, 2.24) is 4.90 Å². The molecule has 1 aliphatic heterocycles. The molecule has 0 aliphatic carbocycles. The monoisotopic (exact) mass is 265 g/mol. The van der Waals surface area contributed by atoms with Crippen LogP contribution in [0.2, 0.25) is 0 Å². The molecule has 1 unspecified atom stereocenters. The van der Waals surface area contributed by atoms with E-state index >= 15 is 0 Å². The minimum absolute atomic E-state index is 0.0426. The summed E-state index contributed by atoms with van der Waals surface area (Å²) in [6.45, 7) is 6.67. The van der Waals surface area contributed by atoms with Crippen LogP contribution in [-0.2, 0) is 4.79 Å². The standard InChI is InChI=1S/C13H22F3NO/c1-12(2,3)11(18)6-8-17-7-4-5-10(9-17)13(14,15)16/h10H,4-9H2,1-3H3. The molecule has 106 valence electrons. The number of alkyl halides is 3. The largest absolute Gasteiger partial charge is 0.393 e. The maximum atomic E-state index is 12.6. The molecule has 0 aromatic heterocycles. The average molecular weight is 265 g/mol. The van der Waals surface area contributed by atoms with Crippen molar-refractivity contribution in [2.24, 2.45) is 11.3 Å². The highest BCUT2D eigenvalue weighted by Gasteiger charge is 2.41. The van der Waals surface area contributed by atoms with Gasteiger partial charge in [-0.25, -0.2) is 0 Å². The molecule has 1 saturated heterocycles. The van der Waals surface area contributed by atoms with Gasteiger partial charge in [0.25, 0.3) is 0 Å². The molecule has 1 rings (SSSR count). The Balaban J connectivity index is 2.42. The van der Waals surface area contributed by atoms with Gasteiger partial charge in [-0.3, -0.25) is 4.79 Å². The van der Waals surface area contributed by atoms with Crippen LogP contribution in [0.15, 0.2) is 0 Å². The zero-order chi connectivity index (χ0) is 14.0. The number of hydrogen-bond acceptors (Lipinski definition) is 2. The Hall–Kier alpha value is -0.580. The van der Waals surface area contributed by atoms with Crippen molar-refractivity contribution in [2.75, 3.05) is 19.6 Å². The van der Waals surface area contributed by atoms with E-state index in [1.807, 2.05) is 20.8 Å². The van der Waals surface area contributed by atoms with Gasteiger partial charge < -0.3 is 4.90 Å². The van der Waals surface area contributed by atoms with Crippen LogP contribution in [0.25, 0.3) is 0 Å². The fourth-order valence-electron chi connectivity index (χ4n) is 2.16. The number of halogens is 3. The molecule has 1 fully saturated rings. The first-order valence-electron chi connectivity index (χ1n) is 6.43. The third-order valence-corrected chi connectivity index (χ3v) is 3.46. The summed E-state index contributed by atoms with van der Waals surface area (Å²) in [6.07, 6.45) is -2.98. The van der Waals surface area contributed by atoms with Gasteiger partial charge in [-0.15, -0.1) is 0 Å². The number of likely N-dealkylation sites (tertiary alicyclic amines) is 1. The van der Waals surface area contributed by atoms with Crippen LogP contribution < -0.4 is 0 Å². The number of carbonyl (C=O) groups is 1. The number of ketones is 1. The normalized spacial score (nSPS) is 23.1. The second kappa shape index (κ2) is 5.59. The minimum atomic E-state index is -4.10. The first-order valence-corrected chi connectivity index (χ1v) is 6.43. The summed E-state index contributed by atoms with van der Waals surface area (Å²) < 4.78 is 37.8. The van der Waals surface area contributed by atoms with Gasteiger partial charge in [0, 0.05) is 24.9 Å². The van der Waals surface area contributed by atoms with E-state index in [0.29, 0.717) is 25.9 Å². The highest BCUT2D eigenvalue weighted by atomic mass is 19.4. The maximum absolute atomic E-state index is 12.6. The van der Waals surface area contributed by atoms with Crippen LogP contribution in [0.5, 0.6) is 0 Å². The lowest BCUT2D eigenvalue weighted by Crippen LogP contribution is -2.42. The third-order valence-electron chi connectivity index (χ3n) is 3.46. The number of piperidine rings is 1. The van der Waals surface area contributed by atoms with Crippen molar-refractivity contribution in [3.05, 3.63) is 0 Å². The van der Waals surface area contributed by atoms with Crippen LogP contribution in [0.1, 0.15) is 40.0 Å². The van der Waals surface area contributed by atoms with E-state index < -0.39 is 17.5 Å². The molecule has 1 heterocycles. The molecule has 18 heavy (non-hydrogen) atoms. The van der Waals surface area contributed by atoms with Crippen LogP contribution >= 0.6 is 0 Å².